The zero-order valence-corrected chi connectivity index (χ0v) is 10.1. The minimum absolute atomic E-state index is 0.123. The summed E-state index contributed by atoms with van der Waals surface area (Å²) in [5.74, 6) is -0.985. The van der Waals surface area contributed by atoms with Crippen molar-refractivity contribution >= 4 is 17.7 Å². The van der Waals surface area contributed by atoms with Crippen molar-refractivity contribution in [3.8, 4) is 0 Å². The summed E-state index contributed by atoms with van der Waals surface area (Å²) in [6, 6.07) is 2.86. The number of aromatic amines is 1. The molecule has 2 aromatic rings. The molecule has 0 aliphatic rings. The molecule has 19 heavy (non-hydrogen) atoms. The fraction of sp³-hybridized carbons (Fsp3) is 0.200. The Balaban J connectivity index is 2.13. The molecule has 0 aliphatic heterocycles. The van der Waals surface area contributed by atoms with Crippen molar-refractivity contribution < 1.29 is 17.6 Å². The average Bonchev–Trinajstić information content (AvgIpc) is 2.72. The van der Waals surface area contributed by atoms with Crippen molar-refractivity contribution in [3.63, 3.8) is 0 Å². The van der Waals surface area contributed by atoms with Crippen molar-refractivity contribution in [1.29, 1.82) is 0 Å². The van der Waals surface area contributed by atoms with Crippen LogP contribution in [-0.2, 0) is 11.9 Å². The van der Waals surface area contributed by atoms with E-state index in [4.69, 9.17) is 5.73 Å². The first-order valence-corrected chi connectivity index (χ1v) is 6.01. The Labute approximate surface area is 109 Å². The first-order chi connectivity index (χ1) is 8.86. The summed E-state index contributed by atoms with van der Waals surface area (Å²) in [6.07, 6.45) is -4.71. The zero-order valence-electron chi connectivity index (χ0n) is 9.33. The van der Waals surface area contributed by atoms with Gasteiger partial charge in [0.05, 0.1) is 5.56 Å². The second kappa shape index (κ2) is 5.08. The fourth-order valence-electron chi connectivity index (χ4n) is 1.35. The van der Waals surface area contributed by atoms with E-state index in [1.165, 1.54) is 6.07 Å². The summed E-state index contributed by atoms with van der Waals surface area (Å²) in [6.45, 7) is 0. The monoisotopic (exact) mass is 292 g/mol. The van der Waals surface area contributed by atoms with E-state index in [-0.39, 0.29) is 11.7 Å². The molecular weight excluding hydrogens is 284 g/mol. The Morgan fingerprint density at radius 1 is 1.32 bits per heavy atom. The standard InChI is InChI=1S/C10H8F4N4S/c11-7-2-1-5(3-6(7)10(12,13)14)4-19-9-16-8(15)17-18-9/h1-3H,4H2,(H3,15,16,17,18). The van der Waals surface area contributed by atoms with Crippen LogP contribution in [0, 0.1) is 5.82 Å². The van der Waals surface area contributed by atoms with E-state index >= 15 is 0 Å². The van der Waals surface area contributed by atoms with Crippen LogP contribution in [0.3, 0.4) is 0 Å². The number of hydrogen-bond acceptors (Lipinski definition) is 4. The van der Waals surface area contributed by atoms with E-state index in [0.717, 1.165) is 23.9 Å². The van der Waals surface area contributed by atoms with Gasteiger partial charge in [0, 0.05) is 5.75 Å². The minimum atomic E-state index is -4.71. The van der Waals surface area contributed by atoms with Crippen LogP contribution in [0.25, 0.3) is 0 Å². The van der Waals surface area contributed by atoms with E-state index in [1.54, 1.807) is 0 Å². The largest absolute Gasteiger partial charge is 0.419 e. The third-order valence-corrected chi connectivity index (χ3v) is 3.10. The van der Waals surface area contributed by atoms with Crippen LogP contribution in [0.5, 0.6) is 0 Å². The molecule has 0 bridgehead atoms. The van der Waals surface area contributed by atoms with Gasteiger partial charge in [-0.25, -0.2) is 9.49 Å². The van der Waals surface area contributed by atoms with Gasteiger partial charge in [0.1, 0.15) is 5.82 Å². The maximum Gasteiger partial charge on any atom is 0.419 e. The number of alkyl halides is 3. The summed E-state index contributed by atoms with van der Waals surface area (Å²) < 4.78 is 50.6. The highest BCUT2D eigenvalue weighted by Gasteiger charge is 2.34. The molecule has 1 heterocycles. The SMILES string of the molecule is Nc1nc(SCc2ccc(F)c(C(F)(F)F)c2)n[nH]1. The minimum Gasteiger partial charge on any atom is -0.368 e. The first-order valence-electron chi connectivity index (χ1n) is 5.02. The van der Waals surface area contributed by atoms with Crippen molar-refractivity contribution in [2.75, 3.05) is 5.73 Å². The van der Waals surface area contributed by atoms with Crippen LogP contribution in [0.1, 0.15) is 11.1 Å². The predicted octanol–water partition coefficient (Wildman–Crippen LogP) is 2.84. The van der Waals surface area contributed by atoms with E-state index in [9.17, 15) is 17.6 Å². The molecule has 0 unspecified atom stereocenters. The zero-order chi connectivity index (χ0) is 14.0. The maximum absolute atomic E-state index is 13.1. The number of halogens is 4. The van der Waals surface area contributed by atoms with Crippen molar-refractivity contribution in [1.82, 2.24) is 15.2 Å². The van der Waals surface area contributed by atoms with Gasteiger partial charge in [-0.05, 0) is 17.7 Å². The number of hydrogen-bond donors (Lipinski definition) is 2. The molecule has 0 atom stereocenters. The summed E-state index contributed by atoms with van der Waals surface area (Å²) in [7, 11) is 0. The van der Waals surface area contributed by atoms with Gasteiger partial charge in [0.15, 0.2) is 0 Å². The molecule has 0 spiro atoms. The number of rotatable bonds is 3. The first kappa shape index (κ1) is 13.7. The molecule has 102 valence electrons. The molecule has 1 aromatic carbocycles. The number of nitrogen functional groups attached to an aromatic ring is 1. The molecule has 0 saturated carbocycles. The number of thioether (sulfide) groups is 1. The number of nitrogens with one attached hydrogen (secondary N) is 1. The molecule has 0 aliphatic carbocycles. The summed E-state index contributed by atoms with van der Waals surface area (Å²) in [4.78, 5) is 3.79. The lowest BCUT2D eigenvalue weighted by molar-refractivity contribution is -0.140. The quantitative estimate of drug-likeness (QED) is 0.674. The molecule has 0 amide bonds. The van der Waals surface area contributed by atoms with Crippen molar-refractivity contribution in [2.45, 2.75) is 17.1 Å². The van der Waals surface area contributed by atoms with Crippen LogP contribution >= 0.6 is 11.8 Å². The van der Waals surface area contributed by atoms with Gasteiger partial charge in [-0.15, -0.1) is 5.10 Å². The van der Waals surface area contributed by atoms with Gasteiger partial charge in [0.25, 0.3) is 0 Å². The van der Waals surface area contributed by atoms with E-state index in [0.29, 0.717) is 10.7 Å². The number of benzene rings is 1. The normalized spacial score (nSPS) is 11.8. The third kappa shape index (κ3) is 3.37. The number of anilines is 1. The van der Waals surface area contributed by atoms with Gasteiger partial charge in [-0.3, -0.25) is 0 Å². The van der Waals surface area contributed by atoms with E-state index in [1.807, 2.05) is 0 Å². The molecule has 2 rings (SSSR count). The highest BCUT2D eigenvalue weighted by Crippen LogP contribution is 2.32. The summed E-state index contributed by atoms with van der Waals surface area (Å²) >= 11 is 1.10. The molecule has 9 heteroatoms. The molecule has 0 fully saturated rings. The number of aromatic nitrogens is 3. The Morgan fingerprint density at radius 3 is 2.63 bits per heavy atom. The Bertz CT molecular complexity index is 581. The molecular formula is C10H8F4N4S. The molecule has 0 radical (unpaired) electrons. The lowest BCUT2D eigenvalue weighted by Crippen LogP contribution is -2.08. The van der Waals surface area contributed by atoms with Gasteiger partial charge in [-0.1, -0.05) is 17.8 Å². The van der Waals surface area contributed by atoms with Crippen LogP contribution < -0.4 is 5.73 Å². The number of nitrogens with zero attached hydrogens (tertiary/aromatic N) is 2. The second-order valence-corrected chi connectivity index (χ2v) is 4.55. The van der Waals surface area contributed by atoms with Crippen LogP contribution in [0.4, 0.5) is 23.5 Å². The molecule has 3 N–H and O–H groups in total. The maximum atomic E-state index is 13.1. The summed E-state index contributed by atoms with van der Waals surface area (Å²) in [5.41, 5.74) is 4.35. The van der Waals surface area contributed by atoms with Crippen LogP contribution in [0.15, 0.2) is 23.4 Å². The Kier molecular flexibility index (Phi) is 3.65. The molecule has 1 aromatic heterocycles. The van der Waals surface area contributed by atoms with Crippen molar-refractivity contribution in [3.05, 3.63) is 35.1 Å². The van der Waals surface area contributed by atoms with E-state index < -0.39 is 17.6 Å². The summed E-state index contributed by atoms with van der Waals surface area (Å²) in [5, 5.41) is 6.45. The van der Waals surface area contributed by atoms with Gasteiger partial charge in [-0.2, -0.15) is 18.2 Å². The second-order valence-electron chi connectivity index (χ2n) is 3.60. The van der Waals surface area contributed by atoms with Gasteiger partial charge < -0.3 is 5.73 Å². The highest BCUT2D eigenvalue weighted by molar-refractivity contribution is 7.98. The lowest BCUT2D eigenvalue weighted by atomic mass is 10.1. The molecule has 0 saturated heterocycles. The third-order valence-electron chi connectivity index (χ3n) is 2.19. The lowest BCUT2D eigenvalue weighted by Gasteiger charge is -2.09. The predicted molar refractivity (Wildman–Crippen MR) is 61.8 cm³/mol. The Hall–Kier alpha value is -1.77. The smallest absolute Gasteiger partial charge is 0.368 e. The highest BCUT2D eigenvalue weighted by atomic mass is 32.2. The van der Waals surface area contributed by atoms with Crippen LogP contribution in [0.2, 0.25) is 0 Å². The van der Waals surface area contributed by atoms with Gasteiger partial charge >= 0.3 is 6.18 Å². The number of H-pyrrole nitrogens is 1. The topological polar surface area (TPSA) is 67.6 Å². The number of nitrogens with two attached hydrogens (primary N) is 1. The fourth-order valence-corrected chi connectivity index (χ4v) is 2.10. The van der Waals surface area contributed by atoms with Crippen molar-refractivity contribution in [2.24, 2.45) is 0 Å². The van der Waals surface area contributed by atoms with Gasteiger partial charge in [0.2, 0.25) is 11.1 Å². The van der Waals surface area contributed by atoms with Crippen LogP contribution in [-0.4, -0.2) is 15.2 Å². The average molecular weight is 292 g/mol. The Morgan fingerprint density at radius 2 is 2.05 bits per heavy atom. The molecule has 4 nitrogen and oxygen atoms in total. The van der Waals surface area contributed by atoms with E-state index in [2.05, 4.69) is 15.2 Å².